The molecule has 2 unspecified atom stereocenters. The second kappa shape index (κ2) is 6.14. The summed E-state index contributed by atoms with van der Waals surface area (Å²) in [5, 5.41) is 12.7. The smallest absolute Gasteiger partial charge is 0.173 e. The highest BCUT2D eigenvalue weighted by Gasteiger charge is 2.32. The summed E-state index contributed by atoms with van der Waals surface area (Å²) < 4.78 is 0. The molecule has 0 bridgehead atoms. The van der Waals surface area contributed by atoms with Gasteiger partial charge in [-0.1, -0.05) is 42.1 Å². The summed E-state index contributed by atoms with van der Waals surface area (Å²) >= 11 is 6.26. The molecule has 1 aliphatic carbocycles. The maximum absolute atomic E-state index is 9.01. The van der Waals surface area contributed by atoms with Gasteiger partial charge in [-0.15, -0.1) is 0 Å². The zero-order valence-electron chi connectivity index (χ0n) is 12.1. The monoisotopic (exact) mass is 307 g/mol. The summed E-state index contributed by atoms with van der Waals surface area (Å²) in [5.41, 5.74) is 7.46. The van der Waals surface area contributed by atoms with Gasteiger partial charge in [-0.3, -0.25) is 0 Å². The van der Waals surface area contributed by atoms with Crippen LogP contribution < -0.4 is 10.6 Å². The van der Waals surface area contributed by atoms with E-state index < -0.39 is 0 Å². The lowest BCUT2D eigenvalue weighted by molar-refractivity contribution is 0.202. The summed E-state index contributed by atoms with van der Waals surface area (Å²) in [7, 11) is 0. The van der Waals surface area contributed by atoms with Gasteiger partial charge in [0.1, 0.15) is 0 Å². The molecule has 2 atom stereocenters. The molecule has 4 nitrogen and oxygen atoms in total. The van der Waals surface area contributed by atoms with Crippen LogP contribution in [0.2, 0.25) is 5.02 Å². The number of hydrogen-bond acceptors (Lipinski definition) is 3. The first-order valence-electron chi connectivity index (χ1n) is 7.72. The Morgan fingerprint density at radius 1 is 1.24 bits per heavy atom. The molecule has 1 aromatic carbocycles. The quantitative estimate of drug-likeness (QED) is 0.381. The molecule has 0 spiro atoms. The number of amidine groups is 1. The van der Waals surface area contributed by atoms with Crippen LogP contribution in [-0.4, -0.2) is 24.1 Å². The number of benzene rings is 1. The summed E-state index contributed by atoms with van der Waals surface area (Å²) in [6, 6.07) is 5.73. The van der Waals surface area contributed by atoms with Crippen LogP contribution in [0.25, 0.3) is 0 Å². The highest BCUT2D eigenvalue weighted by Crippen LogP contribution is 2.39. The number of nitrogens with zero attached hydrogens (tertiary/aromatic N) is 2. The second-order valence-electron chi connectivity index (χ2n) is 6.16. The van der Waals surface area contributed by atoms with Crippen molar-refractivity contribution in [3.05, 3.63) is 28.8 Å². The number of anilines is 1. The Kier molecular flexibility index (Phi) is 4.24. The van der Waals surface area contributed by atoms with Gasteiger partial charge in [0, 0.05) is 18.8 Å². The summed E-state index contributed by atoms with van der Waals surface area (Å²) in [6.07, 6.45) is 6.65. The fourth-order valence-corrected chi connectivity index (χ4v) is 4.17. The number of nitrogens with two attached hydrogens (primary N) is 1. The molecular weight excluding hydrogens is 286 g/mol. The maximum atomic E-state index is 9.01. The van der Waals surface area contributed by atoms with Gasteiger partial charge in [-0.2, -0.15) is 0 Å². The number of piperidine rings is 1. The molecule has 1 aliphatic heterocycles. The fourth-order valence-electron chi connectivity index (χ4n) is 3.90. The average molecular weight is 308 g/mol. The van der Waals surface area contributed by atoms with Gasteiger partial charge < -0.3 is 15.8 Å². The Hall–Kier alpha value is -1.42. The minimum Gasteiger partial charge on any atom is -0.409 e. The number of oxime groups is 1. The Balaban J connectivity index is 1.89. The first kappa shape index (κ1) is 14.5. The molecular formula is C16H22ClN3O. The van der Waals surface area contributed by atoms with Gasteiger partial charge in [0.25, 0.3) is 0 Å². The van der Waals surface area contributed by atoms with E-state index in [1.54, 1.807) is 6.07 Å². The third-order valence-corrected chi connectivity index (χ3v) is 5.30. The summed E-state index contributed by atoms with van der Waals surface area (Å²) in [4.78, 5) is 2.35. The van der Waals surface area contributed by atoms with E-state index in [4.69, 9.17) is 22.5 Å². The van der Waals surface area contributed by atoms with Gasteiger partial charge in [0.15, 0.2) is 5.84 Å². The van der Waals surface area contributed by atoms with Crippen molar-refractivity contribution in [2.24, 2.45) is 22.7 Å². The van der Waals surface area contributed by atoms with Crippen LogP contribution >= 0.6 is 11.6 Å². The van der Waals surface area contributed by atoms with Crippen LogP contribution in [0.4, 0.5) is 5.69 Å². The first-order valence-corrected chi connectivity index (χ1v) is 8.10. The van der Waals surface area contributed by atoms with E-state index >= 15 is 0 Å². The molecule has 5 heteroatoms. The van der Waals surface area contributed by atoms with Gasteiger partial charge in [0.05, 0.1) is 10.6 Å². The first-order chi connectivity index (χ1) is 10.2. The van der Waals surface area contributed by atoms with Crippen LogP contribution in [0.15, 0.2) is 23.4 Å². The molecule has 21 heavy (non-hydrogen) atoms. The molecule has 0 radical (unpaired) electrons. The standard InChI is InChI=1S/C16H22ClN3O/c17-13-6-3-7-14(15(13)16(18)19-21)20-9-8-11-4-1-2-5-12(11)10-20/h3,6-7,11-12,21H,1-2,4-5,8-10H2,(H2,18,19). The van der Waals surface area contributed by atoms with E-state index in [1.165, 1.54) is 32.1 Å². The van der Waals surface area contributed by atoms with Crippen molar-refractivity contribution >= 4 is 23.1 Å². The predicted molar refractivity (Wildman–Crippen MR) is 86.2 cm³/mol. The molecule has 0 aromatic heterocycles. The van der Waals surface area contributed by atoms with Gasteiger partial charge in [-0.05, 0) is 36.8 Å². The van der Waals surface area contributed by atoms with E-state index in [1.807, 2.05) is 12.1 Å². The summed E-state index contributed by atoms with van der Waals surface area (Å²) in [6.45, 7) is 2.07. The van der Waals surface area contributed by atoms with Crippen LogP contribution in [0.1, 0.15) is 37.7 Å². The summed E-state index contributed by atoms with van der Waals surface area (Å²) in [5.74, 6) is 1.73. The Labute approximate surface area is 130 Å². The van der Waals surface area contributed by atoms with Crippen LogP contribution in [0.3, 0.4) is 0 Å². The van der Waals surface area contributed by atoms with E-state index in [-0.39, 0.29) is 5.84 Å². The van der Waals surface area contributed by atoms with Crippen molar-refractivity contribution in [3.63, 3.8) is 0 Å². The van der Waals surface area contributed by atoms with Crippen molar-refractivity contribution in [2.75, 3.05) is 18.0 Å². The van der Waals surface area contributed by atoms with Gasteiger partial charge in [-0.25, -0.2) is 0 Å². The van der Waals surface area contributed by atoms with E-state index in [0.29, 0.717) is 10.6 Å². The molecule has 1 heterocycles. The van der Waals surface area contributed by atoms with Crippen molar-refractivity contribution < 1.29 is 5.21 Å². The van der Waals surface area contributed by atoms with Crippen LogP contribution in [-0.2, 0) is 0 Å². The highest BCUT2D eigenvalue weighted by atomic mass is 35.5. The number of hydrogen-bond donors (Lipinski definition) is 2. The Morgan fingerprint density at radius 3 is 2.76 bits per heavy atom. The molecule has 0 amide bonds. The largest absolute Gasteiger partial charge is 0.409 e. The zero-order chi connectivity index (χ0) is 14.8. The minimum absolute atomic E-state index is 0.0846. The van der Waals surface area contributed by atoms with Crippen molar-refractivity contribution in [3.8, 4) is 0 Å². The SMILES string of the molecule is NC(=NO)c1c(Cl)cccc1N1CCC2CCCCC2C1. The zero-order valence-corrected chi connectivity index (χ0v) is 12.9. The van der Waals surface area contributed by atoms with Gasteiger partial charge >= 0.3 is 0 Å². The molecule has 1 aromatic rings. The van der Waals surface area contributed by atoms with Crippen molar-refractivity contribution in [2.45, 2.75) is 32.1 Å². The number of halogens is 1. The maximum Gasteiger partial charge on any atom is 0.173 e. The van der Waals surface area contributed by atoms with Crippen LogP contribution in [0.5, 0.6) is 0 Å². The van der Waals surface area contributed by atoms with E-state index in [9.17, 15) is 0 Å². The normalized spacial score (nSPS) is 26.5. The van der Waals surface area contributed by atoms with Crippen LogP contribution in [0, 0.1) is 11.8 Å². The lowest BCUT2D eigenvalue weighted by Gasteiger charge is -2.42. The average Bonchev–Trinajstić information content (AvgIpc) is 2.53. The molecule has 2 fully saturated rings. The van der Waals surface area contributed by atoms with Crippen molar-refractivity contribution in [1.29, 1.82) is 0 Å². The Morgan fingerprint density at radius 2 is 2.00 bits per heavy atom. The van der Waals surface area contributed by atoms with E-state index in [0.717, 1.165) is 30.6 Å². The third-order valence-electron chi connectivity index (χ3n) is 4.99. The number of rotatable bonds is 2. The van der Waals surface area contributed by atoms with Gasteiger partial charge in [0.2, 0.25) is 0 Å². The highest BCUT2D eigenvalue weighted by molar-refractivity contribution is 6.34. The fraction of sp³-hybridized carbons (Fsp3) is 0.562. The molecule has 1 saturated carbocycles. The topological polar surface area (TPSA) is 61.9 Å². The van der Waals surface area contributed by atoms with E-state index in [2.05, 4.69) is 10.1 Å². The van der Waals surface area contributed by atoms with Crippen molar-refractivity contribution in [1.82, 2.24) is 0 Å². The predicted octanol–water partition coefficient (Wildman–Crippen LogP) is 3.45. The lowest BCUT2D eigenvalue weighted by atomic mass is 9.75. The third kappa shape index (κ3) is 2.82. The molecule has 3 rings (SSSR count). The minimum atomic E-state index is 0.0846. The number of fused-ring (bicyclic) bond motifs is 1. The molecule has 1 saturated heterocycles. The second-order valence-corrected chi connectivity index (χ2v) is 6.57. The molecule has 114 valence electrons. The molecule has 3 N–H and O–H groups in total. The lowest BCUT2D eigenvalue weighted by Crippen LogP contribution is -2.42. The molecule has 2 aliphatic rings. The Bertz CT molecular complexity index is 546.